The van der Waals surface area contributed by atoms with Crippen molar-refractivity contribution in [3.8, 4) is 23.0 Å². The van der Waals surface area contributed by atoms with Crippen LogP contribution in [0.15, 0.2) is 48.8 Å². The van der Waals surface area contributed by atoms with Gasteiger partial charge in [0.05, 0.1) is 0 Å². The van der Waals surface area contributed by atoms with Crippen molar-refractivity contribution in [3.63, 3.8) is 0 Å². The van der Waals surface area contributed by atoms with Gasteiger partial charge in [0, 0.05) is 48.0 Å². The first kappa shape index (κ1) is 22.0. The Hall–Kier alpha value is -3.19. The molecule has 164 valence electrons. The fraction of sp³-hybridized carbons (Fsp3) is 0.357. The summed E-state index contributed by atoms with van der Waals surface area (Å²) in [5.74, 6) is 6.54. The lowest BCUT2D eigenvalue weighted by atomic mass is 9.88. The monoisotopic (exact) mass is 427 g/mol. The molecule has 2 aromatic heterocycles. The minimum absolute atomic E-state index is 0.154. The van der Waals surface area contributed by atoms with Crippen LogP contribution in [0.5, 0.6) is 0 Å². The standard InChI is InChI=1S/C28H30FN3/c1-4-7-24-18-28(26(19-31-24)25-8-6-13-30-27(25)5-2)32-14-11-21(12-15-32)17-22-9-10-23(29)16-20(22)3/h6,8-10,13,16,18-19,21H,5,11-12,14-15,17H2,1-3H3. The minimum Gasteiger partial charge on any atom is -0.371 e. The average Bonchev–Trinajstić information content (AvgIpc) is 2.81. The summed E-state index contributed by atoms with van der Waals surface area (Å²) in [6, 6.07) is 11.4. The summed E-state index contributed by atoms with van der Waals surface area (Å²) in [5, 5.41) is 0. The van der Waals surface area contributed by atoms with E-state index in [2.05, 4.69) is 45.8 Å². The van der Waals surface area contributed by atoms with E-state index in [0.29, 0.717) is 5.92 Å². The van der Waals surface area contributed by atoms with Crippen molar-refractivity contribution >= 4 is 5.69 Å². The number of pyridine rings is 2. The van der Waals surface area contributed by atoms with Gasteiger partial charge in [-0.3, -0.25) is 4.98 Å². The second-order valence-corrected chi connectivity index (χ2v) is 8.52. The lowest BCUT2D eigenvalue weighted by Crippen LogP contribution is -2.34. The van der Waals surface area contributed by atoms with Crippen LogP contribution >= 0.6 is 0 Å². The van der Waals surface area contributed by atoms with Gasteiger partial charge in [-0.05, 0) is 86.8 Å². The van der Waals surface area contributed by atoms with Crippen molar-refractivity contribution in [3.05, 3.63) is 77.1 Å². The van der Waals surface area contributed by atoms with Crippen LogP contribution in [0, 0.1) is 30.5 Å². The Balaban J connectivity index is 1.58. The van der Waals surface area contributed by atoms with Gasteiger partial charge in [0.25, 0.3) is 0 Å². The van der Waals surface area contributed by atoms with Crippen molar-refractivity contribution in [1.29, 1.82) is 0 Å². The van der Waals surface area contributed by atoms with Crippen LogP contribution in [0.1, 0.15) is 49.2 Å². The van der Waals surface area contributed by atoms with Gasteiger partial charge in [0.1, 0.15) is 11.5 Å². The molecular weight excluding hydrogens is 397 g/mol. The largest absolute Gasteiger partial charge is 0.371 e. The molecule has 0 amide bonds. The highest BCUT2D eigenvalue weighted by atomic mass is 19.1. The van der Waals surface area contributed by atoms with Gasteiger partial charge >= 0.3 is 0 Å². The highest BCUT2D eigenvalue weighted by Gasteiger charge is 2.23. The normalized spacial score (nSPS) is 14.2. The molecule has 0 unspecified atom stereocenters. The molecule has 32 heavy (non-hydrogen) atoms. The Morgan fingerprint density at radius 1 is 1.09 bits per heavy atom. The lowest BCUT2D eigenvalue weighted by Gasteiger charge is -2.35. The van der Waals surface area contributed by atoms with Crippen LogP contribution in [-0.4, -0.2) is 23.1 Å². The first-order chi connectivity index (χ1) is 15.6. The smallest absolute Gasteiger partial charge is 0.123 e. The number of hydrogen-bond acceptors (Lipinski definition) is 3. The summed E-state index contributed by atoms with van der Waals surface area (Å²) < 4.78 is 13.5. The third kappa shape index (κ3) is 4.83. The van der Waals surface area contributed by atoms with Gasteiger partial charge < -0.3 is 4.90 Å². The van der Waals surface area contributed by atoms with E-state index in [1.54, 1.807) is 12.1 Å². The first-order valence-corrected chi connectivity index (χ1v) is 11.5. The van der Waals surface area contributed by atoms with E-state index >= 15 is 0 Å². The lowest BCUT2D eigenvalue weighted by molar-refractivity contribution is 0.403. The summed E-state index contributed by atoms with van der Waals surface area (Å²) in [6.45, 7) is 7.96. The molecule has 1 aliphatic rings. The maximum absolute atomic E-state index is 13.5. The number of halogens is 1. The van der Waals surface area contributed by atoms with Gasteiger partial charge in [-0.1, -0.05) is 25.0 Å². The van der Waals surface area contributed by atoms with Gasteiger partial charge in [0.15, 0.2) is 0 Å². The maximum Gasteiger partial charge on any atom is 0.123 e. The fourth-order valence-electron chi connectivity index (χ4n) is 4.65. The molecule has 0 atom stereocenters. The zero-order valence-corrected chi connectivity index (χ0v) is 19.2. The molecule has 0 bridgehead atoms. The summed E-state index contributed by atoms with van der Waals surface area (Å²) >= 11 is 0. The molecule has 3 aromatic rings. The van der Waals surface area contributed by atoms with Gasteiger partial charge in [-0.15, -0.1) is 0 Å². The molecule has 0 aliphatic carbocycles. The van der Waals surface area contributed by atoms with E-state index in [1.807, 2.05) is 38.4 Å². The van der Waals surface area contributed by atoms with Crippen molar-refractivity contribution in [1.82, 2.24) is 9.97 Å². The molecule has 1 aromatic carbocycles. The highest BCUT2D eigenvalue weighted by molar-refractivity contribution is 5.80. The van der Waals surface area contributed by atoms with Crippen molar-refractivity contribution < 1.29 is 4.39 Å². The number of piperidine rings is 1. The van der Waals surface area contributed by atoms with Crippen molar-refractivity contribution in [2.45, 2.75) is 46.5 Å². The highest BCUT2D eigenvalue weighted by Crippen LogP contribution is 2.35. The Morgan fingerprint density at radius 3 is 2.62 bits per heavy atom. The number of benzene rings is 1. The number of rotatable bonds is 5. The minimum atomic E-state index is -0.154. The molecule has 4 rings (SSSR count). The molecule has 0 N–H and O–H groups in total. The van der Waals surface area contributed by atoms with Crippen molar-refractivity contribution in [2.24, 2.45) is 5.92 Å². The Kier molecular flexibility index (Phi) is 6.85. The summed E-state index contributed by atoms with van der Waals surface area (Å²) in [4.78, 5) is 11.7. The summed E-state index contributed by atoms with van der Waals surface area (Å²) in [5.41, 5.74) is 7.68. The number of hydrogen-bond donors (Lipinski definition) is 0. The van der Waals surface area contributed by atoms with Gasteiger partial charge in [-0.2, -0.15) is 0 Å². The van der Waals surface area contributed by atoms with E-state index in [-0.39, 0.29) is 5.82 Å². The van der Waals surface area contributed by atoms with Crippen LogP contribution in [0.4, 0.5) is 10.1 Å². The average molecular weight is 428 g/mol. The predicted octanol–water partition coefficient (Wildman–Crippen LogP) is 5.98. The number of anilines is 1. The third-order valence-corrected chi connectivity index (χ3v) is 6.42. The first-order valence-electron chi connectivity index (χ1n) is 11.5. The molecule has 0 saturated carbocycles. The van der Waals surface area contributed by atoms with Crippen LogP contribution in [0.3, 0.4) is 0 Å². The van der Waals surface area contributed by atoms with E-state index in [9.17, 15) is 4.39 Å². The van der Waals surface area contributed by atoms with Gasteiger partial charge in [0.2, 0.25) is 0 Å². The molecule has 0 radical (unpaired) electrons. The summed E-state index contributed by atoms with van der Waals surface area (Å²) in [7, 11) is 0. The SMILES string of the molecule is CC#Cc1cc(N2CCC(Cc3ccc(F)cc3C)CC2)c(-c2cccnc2CC)cn1. The quantitative estimate of drug-likeness (QED) is 0.469. The molecule has 1 saturated heterocycles. The van der Waals surface area contributed by atoms with Crippen LogP contribution in [0.2, 0.25) is 0 Å². The van der Waals surface area contributed by atoms with E-state index in [0.717, 1.165) is 66.9 Å². The van der Waals surface area contributed by atoms with E-state index in [4.69, 9.17) is 0 Å². The summed E-state index contributed by atoms with van der Waals surface area (Å²) in [6.07, 6.45) is 7.93. The molecule has 0 spiro atoms. The maximum atomic E-state index is 13.5. The van der Waals surface area contributed by atoms with E-state index in [1.165, 1.54) is 11.3 Å². The second kappa shape index (κ2) is 9.96. The molecule has 4 heteroatoms. The number of aryl methyl sites for hydroxylation is 2. The molecule has 1 fully saturated rings. The van der Waals surface area contributed by atoms with Crippen LogP contribution in [-0.2, 0) is 12.8 Å². The molecule has 3 heterocycles. The second-order valence-electron chi connectivity index (χ2n) is 8.52. The van der Waals surface area contributed by atoms with Gasteiger partial charge in [-0.25, -0.2) is 9.37 Å². The zero-order chi connectivity index (χ0) is 22.5. The molecule has 3 nitrogen and oxygen atoms in total. The van der Waals surface area contributed by atoms with E-state index < -0.39 is 0 Å². The van der Waals surface area contributed by atoms with Crippen molar-refractivity contribution in [2.75, 3.05) is 18.0 Å². The van der Waals surface area contributed by atoms with Crippen LogP contribution < -0.4 is 4.90 Å². The molecule has 1 aliphatic heterocycles. The number of aromatic nitrogens is 2. The number of nitrogens with zero attached hydrogens (tertiary/aromatic N) is 3. The Labute approximate surface area is 190 Å². The Morgan fingerprint density at radius 2 is 1.91 bits per heavy atom. The fourth-order valence-corrected chi connectivity index (χ4v) is 4.65. The predicted molar refractivity (Wildman–Crippen MR) is 129 cm³/mol. The topological polar surface area (TPSA) is 29.0 Å². The Bertz CT molecular complexity index is 1150. The van der Waals surface area contributed by atoms with Crippen LogP contribution in [0.25, 0.3) is 11.1 Å². The zero-order valence-electron chi connectivity index (χ0n) is 19.2. The molecular formula is C28H30FN3. The third-order valence-electron chi connectivity index (χ3n) is 6.42.